The van der Waals surface area contributed by atoms with Crippen molar-refractivity contribution in [3.05, 3.63) is 46.8 Å². The van der Waals surface area contributed by atoms with Crippen LogP contribution in [0.3, 0.4) is 0 Å². The van der Waals surface area contributed by atoms with Crippen LogP contribution in [-0.4, -0.2) is 23.4 Å². The molecular weight excluding hydrogens is 280 g/mol. The molecule has 3 heterocycles. The van der Waals surface area contributed by atoms with E-state index in [0.717, 1.165) is 35.4 Å². The molecule has 0 spiro atoms. The number of fused-ring (bicyclic) bond motifs is 1. The number of benzene rings is 1. The third-order valence-corrected chi connectivity index (χ3v) is 4.21. The van der Waals surface area contributed by atoms with Crippen LogP contribution in [0, 0.1) is 13.8 Å². The molecule has 1 aromatic carbocycles. The van der Waals surface area contributed by atoms with Gasteiger partial charge in [0.25, 0.3) is 0 Å². The molecule has 0 radical (unpaired) electrons. The molecule has 0 saturated carbocycles. The van der Waals surface area contributed by atoms with Gasteiger partial charge in [-0.3, -0.25) is 0 Å². The van der Waals surface area contributed by atoms with Gasteiger partial charge in [0, 0.05) is 23.5 Å². The molecule has 22 heavy (non-hydrogen) atoms. The van der Waals surface area contributed by atoms with Crippen LogP contribution in [0.4, 0.5) is 0 Å². The third-order valence-electron chi connectivity index (χ3n) is 4.21. The molecule has 1 atom stereocenters. The molecular formula is C17H18N2O3. The first-order valence-corrected chi connectivity index (χ1v) is 7.58. The molecule has 1 saturated heterocycles. The molecule has 0 aliphatic carbocycles. The van der Waals surface area contributed by atoms with Crippen molar-refractivity contribution in [2.45, 2.75) is 32.6 Å². The number of ether oxygens (including phenoxy) is 1. The smallest absolute Gasteiger partial charge is 0.231 e. The van der Waals surface area contributed by atoms with Gasteiger partial charge in [-0.05, 0) is 37.5 Å². The zero-order chi connectivity index (χ0) is 15.1. The minimum atomic E-state index is 0.267. The van der Waals surface area contributed by atoms with E-state index in [2.05, 4.69) is 36.1 Å². The zero-order valence-electron chi connectivity index (χ0n) is 12.8. The number of aromatic nitrogens is 2. The second kappa shape index (κ2) is 5.25. The maximum atomic E-state index is 5.68. The fourth-order valence-corrected chi connectivity index (χ4v) is 3.16. The number of aryl methyl sites for hydroxylation is 2. The second-order valence-corrected chi connectivity index (χ2v) is 6.00. The average molecular weight is 298 g/mol. The van der Waals surface area contributed by atoms with E-state index in [0.29, 0.717) is 18.9 Å². The standard InChI is InChI=1S/C17H18N2O3/c1-10-5-11(2)16-13(9-21-14(16)6-10)7-15-18-17(19-22-15)12-3-4-20-8-12/h5-6,9,12H,3-4,7-8H2,1-2H3. The van der Waals surface area contributed by atoms with E-state index in [1.165, 1.54) is 11.1 Å². The number of nitrogens with zero attached hydrogens (tertiary/aromatic N) is 2. The van der Waals surface area contributed by atoms with E-state index in [4.69, 9.17) is 13.7 Å². The summed E-state index contributed by atoms with van der Waals surface area (Å²) in [7, 11) is 0. The van der Waals surface area contributed by atoms with Crippen molar-refractivity contribution in [1.29, 1.82) is 0 Å². The summed E-state index contributed by atoms with van der Waals surface area (Å²) in [4.78, 5) is 4.52. The lowest BCUT2D eigenvalue weighted by atomic mass is 10.0. The molecule has 1 aliphatic rings. The van der Waals surface area contributed by atoms with Crippen molar-refractivity contribution >= 4 is 11.0 Å². The maximum absolute atomic E-state index is 5.68. The molecule has 0 bridgehead atoms. The Morgan fingerprint density at radius 2 is 2.18 bits per heavy atom. The fraction of sp³-hybridized carbons (Fsp3) is 0.412. The summed E-state index contributed by atoms with van der Waals surface area (Å²) in [5.74, 6) is 1.65. The highest BCUT2D eigenvalue weighted by molar-refractivity contribution is 5.85. The Balaban J connectivity index is 1.63. The summed E-state index contributed by atoms with van der Waals surface area (Å²) in [5.41, 5.74) is 4.41. The number of hydrogen-bond acceptors (Lipinski definition) is 5. The molecule has 5 heteroatoms. The lowest BCUT2D eigenvalue weighted by Crippen LogP contribution is -2.00. The summed E-state index contributed by atoms with van der Waals surface area (Å²) in [6.07, 6.45) is 3.35. The van der Waals surface area contributed by atoms with Crippen molar-refractivity contribution in [2.75, 3.05) is 13.2 Å². The Bertz CT molecular complexity index is 813. The maximum Gasteiger partial charge on any atom is 0.231 e. The monoisotopic (exact) mass is 298 g/mol. The van der Waals surface area contributed by atoms with E-state index < -0.39 is 0 Å². The van der Waals surface area contributed by atoms with Crippen LogP contribution in [0.5, 0.6) is 0 Å². The highest BCUT2D eigenvalue weighted by Gasteiger charge is 2.23. The molecule has 3 aromatic rings. The first-order valence-electron chi connectivity index (χ1n) is 7.58. The number of rotatable bonds is 3. The predicted molar refractivity (Wildman–Crippen MR) is 81.0 cm³/mol. The predicted octanol–water partition coefficient (Wildman–Crippen LogP) is 3.53. The minimum Gasteiger partial charge on any atom is -0.464 e. The topological polar surface area (TPSA) is 61.3 Å². The van der Waals surface area contributed by atoms with E-state index in [9.17, 15) is 0 Å². The summed E-state index contributed by atoms with van der Waals surface area (Å²) in [5, 5.41) is 5.25. The zero-order valence-corrected chi connectivity index (χ0v) is 12.8. The normalized spacial score (nSPS) is 18.4. The lowest BCUT2D eigenvalue weighted by molar-refractivity contribution is 0.192. The SMILES string of the molecule is Cc1cc(C)c2c(Cc3nc(C4CCOC4)no3)coc2c1. The minimum absolute atomic E-state index is 0.267. The van der Waals surface area contributed by atoms with Gasteiger partial charge in [0.05, 0.1) is 19.3 Å². The molecule has 1 unspecified atom stereocenters. The van der Waals surface area contributed by atoms with Crippen molar-refractivity contribution < 1.29 is 13.7 Å². The van der Waals surface area contributed by atoms with Gasteiger partial charge in [0.2, 0.25) is 5.89 Å². The van der Waals surface area contributed by atoms with Gasteiger partial charge < -0.3 is 13.7 Å². The van der Waals surface area contributed by atoms with Gasteiger partial charge >= 0.3 is 0 Å². The Morgan fingerprint density at radius 3 is 3.00 bits per heavy atom. The van der Waals surface area contributed by atoms with Crippen molar-refractivity contribution in [1.82, 2.24) is 10.1 Å². The number of hydrogen-bond donors (Lipinski definition) is 0. The molecule has 4 rings (SSSR count). The van der Waals surface area contributed by atoms with Crippen LogP contribution in [0.1, 0.15) is 40.7 Å². The average Bonchev–Trinajstić information content (AvgIpc) is 3.19. The highest BCUT2D eigenvalue weighted by atomic mass is 16.5. The van der Waals surface area contributed by atoms with Gasteiger partial charge in [-0.25, -0.2) is 0 Å². The third kappa shape index (κ3) is 2.31. The quantitative estimate of drug-likeness (QED) is 0.740. The molecule has 5 nitrogen and oxygen atoms in total. The van der Waals surface area contributed by atoms with Gasteiger partial charge in [-0.2, -0.15) is 4.98 Å². The Hall–Kier alpha value is -2.14. The van der Waals surface area contributed by atoms with E-state index in [-0.39, 0.29) is 5.92 Å². The van der Waals surface area contributed by atoms with Gasteiger partial charge in [0.15, 0.2) is 5.82 Å². The van der Waals surface area contributed by atoms with Crippen molar-refractivity contribution in [3.8, 4) is 0 Å². The fourth-order valence-electron chi connectivity index (χ4n) is 3.16. The van der Waals surface area contributed by atoms with E-state index in [1.807, 2.05) is 0 Å². The summed E-state index contributed by atoms with van der Waals surface area (Å²) >= 11 is 0. The van der Waals surface area contributed by atoms with Crippen LogP contribution in [0.2, 0.25) is 0 Å². The van der Waals surface area contributed by atoms with E-state index >= 15 is 0 Å². The van der Waals surface area contributed by atoms with Crippen LogP contribution in [0.15, 0.2) is 27.3 Å². The van der Waals surface area contributed by atoms with Crippen LogP contribution in [-0.2, 0) is 11.2 Å². The van der Waals surface area contributed by atoms with Crippen LogP contribution < -0.4 is 0 Å². The summed E-state index contributed by atoms with van der Waals surface area (Å²) in [6, 6.07) is 4.22. The molecule has 1 fully saturated rings. The second-order valence-electron chi connectivity index (χ2n) is 6.00. The first kappa shape index (κ1) is 13.5. The molecule has 0 N–H and O–H groups in total. The van der Waals surface area contributed by atoms with E-state index in [1.54, 1.807) is 6.26 Å². The van der Waals surface area contributed by atoms with Crippen LogP contribution >= 0.6 is 0 Å². The van der Waals surface area contributed by atoms with Gasteiger partial charge in [0.1, 0.15) is 5.58 Å². The Kier molecular flexibility index (Phi) is 3.22. The van der Waals surface area contributed by atoms with Gasteiger partial charge in [-0.1, -0.05) is 11.2 Å². The molecule has 114 valence electrons. The molecule has 0 amide bonds. The first-order chi connectivity index (χ1) is 10.7. The van der Waals surface area contributed by atoms with Crippen LogP contribution in [0.25, 0.3) is 11.0 Å². The van der Waals surface area contributed by atoms with Gasteiger partial charge in [-0.15, -0.1) is 0 Å². The summed E-state index contributed by atoms with van der Waals surface area (Å²) < 4.78 is 16.5. The highest BCUT2D eigenvalue weighted by Crippen LogP contribution is 2.28. The lowest BCUT2D eigenvalue weighted by Gasteiger charge is -2.00. The Labute approximate surface area is 128 Å². The largest absolute Gasteiger partial charge is 0.464 e. The number of furan rings is 1. The van der Waals surface area contributed by atoms with Crippen molar-refractivity contribution in [3.63, 3.8) is 0 Å². The van der Waals surface area contributed by atoms with Crippen molar-refractivity contribution in [2.24, 2.45) is 0 Å². The molecule has 2 aromatic heterocycles. The Morgan fingerprint density at radius 1 is 1.27 bits per heavy atom. The summed E-state index contributed by atoms with van der Waals surface area (Å²) in [6.45, 7) is 5.64. The molecule has 1 aliphatic heterocycles.